The van der Waals surface area contributed by atoms with E-state index in [1.54, 1.807) is 24.3 Å². The molecule has 6 heteroatoms. The summed E-state index contributed by atoms with van der Waals surface area (Å²) in [6.45, 7) is 3.23. The van der Waals surface area contributed by atoms with E-state index in [-0.39, 0.29) is 25.2 Å². The van der Waals surface area contributed by atoms with Crippen LogP contribution in [0.5, 0.6) is 5.75 Å². The third-order valence-electron chi connectivity index (χ3n) is 2.57. The van der Waals surface area contributed by atoms with Crippen LogP contribution in [-0.2, 0) is 14.3 Å². The molecule has 1 rings (SSSR count). The third kappa shape index (κ3) is 5.93. The molecule has 0 aromatic heterocycles. The highest BCUT2D eigenvalue weighted by Gasteiger charge is 2.10. The van der Waals surface area contributed by atoms with Gasteiger partial charge in [-0.15, -0.1) is 0 Å². The molecule has 1 aromatic rings. The van der Waals surface area contributed by atoms with E-state index in [1.165, 1.54) is 0 Å². The van der Waals surface area contributed by atoms with Gasteiger partial charge in [-0.3, -0.25) is 4.79 Å². The Morgan fingerprint density at radius 3 is 2.65 bits per heavy atom. The van der Waals surface area contributed by atoms with Gasteiger partial charge in [-0.05, 0) is 25.5 Å². The van der Waals surface area contributed by atoms with E-state index in [0.29, 0.717) is 10.8 Å². The van der Waals surface area contributed by atoms with Crippen LogP contribution in [0.15, 0.2) is 24.3 Å². The molecule has 0 aliphatic heterocycles. The van der Waals surface area contributed by atoms with Gasteiger partial charge in [-0.25, -0.2) is 4.79 Å². The predicted octanol–water partition coefficient (Wildman–Crippen LogP) is 2.18. The van der Waals surface area contributed by atoms with Gasteiger partial charge in [0.25, 0.3) is 5.91 Å². The Morgan fingerprint density at radius 2 is 2.00 bits per heavy atom. The van der Waals surface area contributed by atoms with Crippen molar-refractivity contribution in [3.05, 3.63) is 29.3 Å². The molecule has 1 atom stereocenters. The molecule has 0 saturated carbocycles. The van der Waals surface area contributed by atoms with E-state index >= 15 is 0 Å². The fraction of sp³-hybridized carbons (Fsp3) is 0.429. The summed E-state index contributed by atoms with van der Waals surface area (Å²) in [6.07, 6.45) is 0.815. The van der Waals surface area contributed by atoms with E-state index in [1.807, 2.05) is 13.8 Å². The Kier molecular flexibility index (Phi) is 6.87. The molecule has 0 bridgehead atoms. The molecule has 110 valence electrons. The molecular formula is C14H18ClNO4. The highest BCUT2D eigenvalue weighted by atomic mass is 35.5. The summed E-state index contributed by atoms with van der Waals surface area (Å²) in [7, 11) is 0. The first-order valence-electron chi connectivity index (χ1n) is 6.35. The number of benzene rings is 1. The zero-order valence-corrected chi connectivity index (χ0v) is 12.3. The molecule has 1 N–H and O–H groups in total. The average molecular weight is 300 g/mol. The van der Waals surface area contributed by atoms with Gasteiger partial charge in [-0.1, -0.05) is 30.7 Å². The lowest BCUT2D eigenvalue weighted by atomic mass is 10.2. The topological polar surface area (TPSA) is 64.6 Å². The van der Waals surface area contributed by atoms with Gasteiger partial charge in [-0.2, -0.15) is 0 Å². The summed E-state index contributed by atoms with van der Waals surface area (Å²) in [4.78, 5) is 22.8. The lowest BCUT2D eigenvalue weighted by Crippen LogP contribution is -2.35. The van der Waals surface area contributed by atoms with E-state index in [9.17, 15) is 9.59 Å². The van der Waals surface area contributed by atoms with Crippen LogP contribution in [0, 0.1) is 0 Å². The Morgan fingerprint density at radius 1 is 1.30 bits per heavy atom. The highest BCUT2D eigenvalue weighted by molar-refractivity contribution is 6.32. The summed E-state index contributed by atoms with van der Waals surface area (Å²) in [5.74, 6) is -0.551. The predicted molar refractivity (Wildman–Crippen MR) is 75.8 cm³/mol. The van der Waals surface area contributed by atoms with Crippen molar-refractivity contribution in [1.82, 2.24) is 5.32 Å². The van der Waals surface area contributed by atoms with Crippen LogP contribution in [0.1, 0.15) is 20.3 Å². The monoisotopic (exact) mass is 299 g/mol. The normalized spacial score (nSPS) is 11.6. The van der Waals surface area contributed by atoms with Gasteiger partial charge in [0.15, 0.2) is 13.2 Å². The number of ether oxygens (including phenoxy) is 2. The minimum Gasteiger partial charge on any atom is -0.480 e. The lowest BCUT2D eigenvalue weighted by molar-refractivity contribution is -0.150. The first kappa shape index (κ1) is 16.3. The Bertz CT molecular complexity index is 464. The molecule has 0 spiro atoms. The van der Waals surface area contributed by atoms with Gasteiger partial charge in [0.05, 0.1) is 5.02 Å². The zero-order valence-electron chi connectivity index (χ0n) is 11.5. The molecular weight excluding hydrogens is 282 g/mol. The maximum Gasteiger partial charge on any atom is 0.344 e. The van der Waals surface area contributed by atoms with Crippen LogP contribution in [0.4, 0.5) is 0 Å². The second-order valence-electron chi connectivity index (χ2n) is 4.26. The largest absolute Gasteiger partial charge is 0.480 e. The van der Waals surface area contributed by atoms with E-state index in [0.717, 1.165) is 6.42 Å². The molecule has 0 aliphatic rings. The van der Waals surface area contributed by atoms with E-state index in [2.05, 4.69) is 5.32 Å². The molecule has 20 heavy (non-hydrogen) atoms. The number of para-hydroxylation sites is 1. The van der Waals surface area contributed by atoms with Crippen molar-refractivity contribution in [2.45, 2.75) is 26.3 Å². The molecule has 1 amide bonds. The van der Waals surface area contributed by atoms with Gasteiger partial charge >= 0.3 is 5.97 Å². The third-order valence-corrected chi connectivity index (χ3v) is 2.88. The number of rotatable bonds is 7. The van der Waals surface area contributed by atoms with Crippen molar-refractivity contribution < 1.29 is 19.1 Å². The zero-order chi connectivity index (χ0) is 15.0. The standard InChI is InChI=1S/C14H18ClNO4/c1-3-10(2)16-13(17)8-20-14(18)9-19-12-7-5-4-6-11(12)15/h4-7,10H,3,8-9H2,1-2H3,(H,16,17). The fourth-order valence-corrected chi connectivity index (χ4v) is 1.50. The SMILES string of the molecule is CCC(C)NC(=O)COC(=O)COc1ccccc1Cl. The number of hydrogen-bond donors (Lipinski definition) is 1. The average Bonchev–Trinajstić information content (AvgIpc) is 2.44. The highest BCUT2D eigenvalue weighted by Crippen LogP contribution is 2.22. The summed E-state index contributed by atoms with van der Waals surface area (Å²) in [5.41, 5.74) is 0. The summed E-state index contributed by atoms with van der Waals surface area (Å²) < 4.78 is 9.99. The fourth-order valence-electron chi connectivity index (χ4n) is 1.30. The minimum absolute atomic E-state index is 0.0561. The Hall–Kier alpha value is -1.75. The molecule has 0 saturated heterocycles. The van der Waals surface area contributed by atoms with Crippen LogP contribution >= 0.6 is 11.6 Å². The number of halogens is 1. The van der Waals surface area contributed by atoms with Gasteiger partial charge in [0.2, 0.25) is 0 Å². The van der Waals surface area contributed by atoms with Crippen LogP contribution in [0.3, 0.4) is 0 Å². The van der Waals surface area contributed by atoms with Crippen molar-refractivity contribution in [2.75, 3.05) is 13.2 Å². The van der Waals surface area contributed by atoms with E-state index in [4.69, 9.17) is 21.1 Å². The lowest BCUT2D eigenvalue weighted by Gasteiger charge is -2.11. The van der Waals surface area contributed by atoms with Crippen molar-refractivity contribution in [3.63, 3.8) is 0 Å². The van der Waals surface area contributed by atoms with Gasteiger partial charge in [0.1, 0.15) is 5.75 Å². The van der Waals surface area contributed by atoms with Crippen LogP contribution < -0.4 is 10.1 Å². The van der Waals surface area contributed by atoms with Crippen molar-refractivity contribution in [3.8, 4) is 5.75 Å². The second-order valence-corrected chi connectivity index (χ2v) is 4.66. The summed E-state index contributed by atoms with van der Waals surface area (Å²) >= 11 is 5.87. The Labute approximate surface area is 123 Å². The molecule has 0 fully saturated rings. The minimum atomic E-state index is -0.621. The smallest absolute Gasteiger partial charge is 0.344 e. The molecule has 1 aromatic carbocycles. The number of esters is 1. The first-order chi connectivity index (χ1) is 9.52. The maximum atomic E-state index is 11.4. The quantitative estimate of drug-likeness (QED) is 0.784. The van der Waals surface area contributed by atoms with Crippen LogP contribution in [-0.4, -0.2) is 31.1 Å². The van der Waals surface area contributed by atoms with Crippen molar-refractivity contribution >= 4 is 23.5 Å². The molecule has 1 unspecified atom stereocenters. The summed E-state index contributed by atoms with van der Waals surface area (Å²) in [6, 6.07) is 6.85. The number of nitrogens with one attached hydrogen (secondary N) is 1. The maximum absolute atomic E-state index is 11.4. The molecule has 5 nitrogen and oxygen atoms in total. The van der Waals surface area contributed by atoms with Gasteiger partial charge in [0, 0.05) is 6.04 Å². The first-order valence-corrected chi connectivity index (χ1v) is 6.73. The number of amides is 1. The van der Waals surface area contributed by atoms with Crippen LogP contribution in [0.25, 0.3) is 0 Å². The summed E-state index contributed by atoms with van der Waals surface area (Å²) in [5, 5.41) is 3.10. The molecule has 0 aliphatic carbocycles. The number of hydrogen-bond acceptors (Lipinski definition) is 4. The Balaban J connectivity index is 2.27. The second kappa shape index (κ2) is 8.43. The van der Waals surface area contributed by atoms with Crippen molar-refractivity contribution in [1.29, 1.82) is 0 Å². The number of carbonyl (C=O) groups excluding carboxylic acids is 2. The molecule has 0 heterocycles. The van der Waals surface area contributed by atoms with Crippen LogP contribution in [0.2, 0.25) is 5.02 Å². The van der Waals surface area contributed by atoms with E-state index < -0.39 is 5.97 Å². The molecule has 0 radical (unpaired) electrons. The van der Waals surface area contributed by atoms with Crippen molar-refractivity contribution in [2.24, 2.45) is 0 Å². The number of carbonyl (C=O) groups is 2. The van der Waals surface area contributed by atoms with Gasteiger partial charge < -0.3 is 14.8 Å².